The highest BCUT2D eigenvalue weighted by Gasteiger charge is 2.49. The molecule has 130 valence electrons. The first-order chi connectivity index (χ1) is 12.1. The van der Waals surface area contributed by atoms with E-state index in [-0.39, 0.29) is 35.3 Å². The highest BCUT2D eigenvalue weighted by atomic mass is 19.1. The Morgan fingerprint density at radius 2 is 1.64 bits per heavy atom. The van der Waals surface area contributed by atoms with Gasteiger partial charge in [-0.2, -0.15) is 0 Å². The van der Waals surface area contributed by atoms with Gasteiger partial charge in [0.2, 0.25) is 5.91 Å². The van der Waals surface area contributed by atoms with Crippen molar-refractivity contribution in [2.24, 2.45) is 11.7 Å². The van der Waals surface area contributed by atoms with Crippen LogP contribution in [0.1, 0.15) is 29.4 Å². The second-order valence-corrected chi connectivity index (χ2v) is 7.01. The molecule has 4 rings (SSSR count). The molecule has 1 aliphatic carbocycles. The van der Waals surface area contributed by atoms with Gasteiger partial charge in [-0.25, -0.2) is 8.78 Å². The summed E-state index contributed by atoms with van der Waals surface area (Å²) in [6.45, 7) is 1.05. The first-order valence-corrected chi connectivity index (χ1v) is 8.59. The zero-order valence-corrected chi connectivity index (χ0v) is 13.7. The first-order valence-electron chi connectivity index (χ1n) is 8.59. The molecule has 25 heavy (non-hydrogen) atoms. The molecular formula is C20H20F2N2O. The molecule has 1 aliphatic heterocycles. The van der Waals surface area contributed by atoms with Gasteiger partial charge in [0.1, 0.15) is 11.6 Å². The fourth-order valence-corrected chi connectivity index (χ4v) is 3.95. The van der Waals surface area contributed by atoms with E-state index >= 15 is 0 Å². The maximum absolute atomic E-state index is 13.9. The van der Waals surface area contributed by atoms with E-state index in [0.717, 1.165) is 5.56 Å². The summed E-state index contributed by atoms with van der Waals surface area (Å²) in [5, 5.41) is 0. The van der Waals surface area contributed by atoms with E-state index in [9.17, 15) is 13.6 Å². The molecule has 1 saturated carbocycles. The molecule has 0 bridgehead atoms. The Hall–Kier alpha value is -2.27. The van der Waals surface area contributed by atoms with E-state index in [1.54, 1.807) is 4.90 Å². The van der Waals surface area contributed by atoms with E-state index < -0.39 is 11.6 Å². The van der Waals surface area contributed by atoms with Gasteiger partial charge in [-0.1, -0.05) is 36.4 Å². The van der Waals surface area contributed by atoms with Gasteiger partial charge in [-0.05, 0) is 24.1 Å². The minimum absolute atomic E-state index is 0.0402. The lowest BCUT2D eigenvalue weighted by atomic mass is 9.95. The van der Waals surface area contributed by atoms with Gasteiger partial charge in [-0.3, -0.25) is 4.79 Å². The number of nitrogens with zero attached hydrogens (tertiary/aromatic N) is 1. The Kier molecular flexibility index (Phi) is 4.04. The van der Waals surface area contributed by atoms with Crippen LogP contribution in [0, 0.1) is 17.6 Å². The van der Waals surface area contributed by atoms with Crippen LogP contribution in [0.3, 0.4) is 0 Å². The number of rotatable bonds is 3. The van der Waals surface area contributed by atoms with Crippen molar-refractivity contribution in [2.45, 2.75) is 24.3 Å². The second-order valence-electron chi connectivity index (χ2n) is 7.01. The molecule has 1 saturated heterocycles. The van der Waals surface area contributed by atoms with Crippen molar-refractivity contribution in [3.05, 3.63) is 71.3 Å². The van der Waals surface area contributed by atoms with Crippen molar-refractivity contribution in [2.75, 3.05) is 13.1 Å². The summed E-state index contributed by atoms with van der Waals surface area (Å²) in [5.74, 6) is -1.77. The van der Waals surface area contributed by atoms with E-state index in [1.807, 2.05) is 30.3 Å². The smallest absolute Gasteiger partial charge is 0.226 e. The first kappa shape index (κ1) is 16.2. The van der Waals surface area contributed by atoms with Gasteiger partial charge >= 0.3 is 0 Å². The molecule has 1 heterocycles. The summed E-state index contributed by atoms with van der Waals surface area (Å²) in [5.41, 5.74) is 7.41. The van der Waals surface area contributed by atoms with Crippen LogP contribution in [0.15, 0.2) is 48.5 Å². The van der Waals surface area contributed by atoms with Gasteiger partial charge in [0.25, 0.3) is 0 Å². The SMILES string of the molecule is N[C@@H]1CN(C(=O)C2CC2c2c(F)cccc2F)C[C@H]1c1ccccc1. The van der Waals surface area contributed by atoms with Gasteiger partial charge in [0, 0.05) is 42.4 Å². The minimum atomic E-state index is -0.569. The number of hydrogen-bond acceptors (Lipinski definition) is 2. The third-order valence-electron chi connectivity index (χ3n) is 5.38. The lowest BCUT2D eigenvalue weighted by Gasteiger charge is -2.17. The normalized spacial score (nSPS) is 28.2. The van der Waals surface area contributed by atoms with Crippen LogP contribution >= 0.6 is 0 Å². The highest BCUT2D eigenvalue weighted by Crippen LogP contribution is 2.50. The monoisotopic (exact) mass is 342 g/mol. The maximum atomic E-state index is 13.9. The van der Waals surface area contributed by atoms with Crippen LogP contribution in [-0.4, -0.2) is 29.9 Å². The average molecular weight is 342 g/mol. The van der Waals surface area contributed by atoms with Crippen LogP contribution < -0.4 is 5.73 Å². The van der Waals surface area contributed by atoms with Crippen LogP contribution in [0.2, 0.25) is 0 Å². The molecule has 2 aliphatic rings. The maximum Gasteiger partial charge on any atom is 0.226 e. The zero-order chi connectivity index (χ0) is 17.6. The molecular weight excluding hydrogens is 322 g/mol. The summed E-state index contributed by atoms with van der Waals surface area (Å²) < 4.78 is 27.8. The average Bonchev–Trinajstić information content (AvgIpc) is 3.29. The fourth-order valence-electron chi connectivity index (χ4n) is 3.95. The quantitative estimate of drug-likeness (QED) is 0.932. The predicted molar refractivity (Wildman–Crippen MR) is 90.9 cm³/mol. The summed E-state index contributed by atoms with van der Waals surface area (Å²) >= 11 is 0. The number of nitrogens with two attached hydrogens (primary N) is 1. The number of carbonyl (C=O) groups excluding carboxylic acids is 1. The van der Waals surface area contributed by atoms with E-state index in [0.29, 0.717) is 19.5 Å². The molecule has 2 unspecified atom stereocenters. The van der Waals surface area contributed by atoms with E-state index in [2.05, 4.69) is 0 Å². The van der Waals surface area contributed by atoms with E-state index in [1.165, 1.54) is 18.2 Å². The number of likely N-dealkylation sites (tertiary alicyclic amines) is 1. The van der Waals surface area contributed by atoms with Crippen molar-refractivity contribution in [3.63, 3.8) is 0 Å². The molecule has 5 heteroatoms. The fraction of sp³-hybridized carbons (Fsp3) is 0.350. The van der Waals surface area contributed by atoms with E-state index in [4.69, 9.17) is 5.73 Å². The Balaban J connectivity index is 1.47. The van der Waals surface area contributed by atoms with Gasteiger partial charge < -0.3 is 10.6 Å². The third-order valence-corrected chi connectivity index (χ3v) is 5.38. The molecule has 2 aromatic carbocycles. The number of benzene rings is 2. The van der Waals surface area contributed by atoms with Gasteiger partial charge in [0.15, 0.2) is 0 Å². The standard InChI is InChI=1S/C20H20F2N2O/c21-16-7-4-8-17(22)19(16)13-9-14(13)20(25)24-10-15(18(23)11-24)12-5-2-1-3-6-12/h1-8,13-15,18H,9-11,23H2/t13?,14?,15-,18+/m0/s1. The lowest BCUT2D eigenvalue weighted by Crippen LogP contribution is -2.33. The Morgan fingerprint density at radius 3 is 2.32 bits per heavy atom. The summed E-state index contributed by atoms with van der Waals surface area (Å²) in [6, 6.07) is 13.6. The van der Waals surface area contributed by atoms with Crippen molar-refractivity contribution < 1.29 is 13.6 Å². The Morgan fingerprint density at radius 1 is 0.960 bits per heavy atom. The molecule has 0 spiro atoms. The summed E-state index contributed by atoms with van der Waals surface area (Å²) in [4.78, 5) is 14.5. The van der Waals surface area contributed by atoms with Crippen LogP contribution in [0.5, 0.6) is 0 Å². The second kappa shape index (κ2) is 6.23. The van der Waals surface area contributed by atoms with Crippen molar-refractivity contribution in [3.8, 4) is 0 Å². The summed E-state index contributed by atoms with van der Waals surface area (Å²) in [7, 11) is 0. The van der Waals surface area contributed by atoms with Gasteiger partial charge in [0.05, 0.1) is 0 Å². The molecule has 2 fully saturated rings. The molecule has 2 N–H and O–H groups in total. The molecule has 2 aromatic rings. The third kappa shape index (κ3) is 2.93. The number of amides is 1. The predicted octanol–water partition coefficient (Wildman–Crippen LogP) is 3.02. The molecule has 0 radical (unpaired) electrons. The summed E-state index contributed by atoms with van der Waals surface area (Å²) in [6.07, 6.45) is 0.498. The lowest BCUT2D eigenvalue weighted by molar-refractivity contribution is -0.131. The largest absolute Gasteiger partial charge is 0.340 e. The number of halogens is 2. The van der Waals surface area contributed by atoms with Crippen LogP contribution in [0.25, 0.3) is 0 Å². The van der Waals surface area contributed by atoms with Crippen molar-refractivity contribution in [1.82, 2.24) is 4.90 Å². The highest BCUT2D eigenvalue weighted by molar-refractivity contribution is 5.83. The Labute approximate surface area is 145 Å². The zero-order valence-electron chi connectivity index (χ0n) is 13.7. The minimum Gasteiger partial charge on any atom is -0.340 e. The van der Waals surface area contributed by atoms with Gasteiger partial charge in [-0.15, -0.1) is 0 Å². The molecule has 1 amide bonds. The van der Waals surface area contributed by atoms with Crippen molar-refractivity contribution >= 4 is 5.91 Å². The van der Waals surface area contributed by atoms with Crippen LogP contribution in [0.4, 0.5) is 8.78 Å². The Bertz CT molecular complexity index is 775. The van der Waals surface area contributed by atoms with Crippen molar-refractivity contribution in [1.29, 1.82) is 0 Å². The molecule has 3 nitrogen and oxygen atoms in total. The number of hydrogen-bond donors (Lipinski definition) is 1. The molecule has 4 atom stereocenters. The molecule has 0 aromatic heterocycles. The number of carbonyl (C=O) groups is 1. The topological polar surface area (TPSA) is 46.3 Å². The van der Waals surface area contributed by atoms with Crippen LogP contribution in [-0.2, 0) is 4.79 Å².